The summed E-state index contributed by atoms with van der Waals surface area (Å²) in [4.78, 5) is 22.4. The van der Waals surface area contributed by atoms with E-state index in [-0.39, 0.29) is 23.2 Å². The molecule has 1 aromatic heterocycles. The normalized spacial score (nSPS) is 14.4. The van der Waals surface area contributed by atoms with E-state index in [1.807, 2.05) is 6.07 Å². The molecule has 2 heterocycles. The van der Waals surface area contributed by atoms with Gasteiger partial charge in [-0.3, -0.25) is 14.6 Å². The van der Waals surface area contributed by atoms with Gasteiger partial charge in [0.2, 0.25) is 0 Å². The van der Waals surface area contributed by atoms with Gasteiger partial charge in [-0.05, 0) is 24.3 Å². The summed E-state index contributed by atoms with van der Waals surface area (Å²) in [7, 11) is -0.476. The summed E-state index contributed by atoms with van der Waals surface area (Å²) in [6, 6.07) is 10.2. The van der Waals surface area contributed by atoms with Crippen molar-refractivity contribution >= 4 is 54.8 Å². The van der Waals surface area contributed by atoms with Crippen LogP contribution in [0.4, 0.5) is 5.13 Å². The quantitative estimate of drug-likeness (QED) is 0.429. The number of amides is 1. The van der Waals surface area contributed by atoms with Crippen molar-refractivity contribution in [2.75, 3.05) is 64.8 Å². The van der Waals surface area contributed by atoms with E-state index < -0.39 is 9.84 Å². The zero-order chi connectivity index (χ0) is 24.3. The van der Waals surface area contributed by atoms with Crippen molar-refractivity contribution in [2.24, 2.45) is 0 Å². The third kappa shape index (κ3) is 5.87. The highest BCUT2D eigenvalue weighted by Gasteiger charge is 2.27. The van der Waals surface area contributed by atoms with Gasteiger partial charge >= 0.3 is 0 Å². The lowest BCUT2D eigenvalue weighted by atomic mass is 10.1. The van der Waals surface area contributed by atoms with Crippen LogP contribution in [-0.2, 0) is 14.6 Å². The number of benzene rings is 2. The maximum Gasteiger partial charge on any atom is 0.264 e. The highest BCUT2D eigenvalue weighted by Crippen LogP contribution is 2.36. The molecular formula is C23H28ClN3O6S2. The number of sulfone groups is 1. The van der Waals surface area contributed by atoms with Gasteiger partial charge in [0.25, 0.3) is 5.91 Å². The number of rotatable bonds is 8. The minimum Gasteiger partial charge on any atom is -0.493 e. The number of nitrogens with zero attached hydrogens (tertiary/aromatic N) is 3. The number of anilines is 1. The summed E-state index contributed by atoms with van der Waals surface area (Å²) in [5, 5.41) is 0.425. The first kappa shape index (κ1) is 27.2. The summed E-state index contributed by atoms with van der Waals surface area (Å²) in [6.45, 7) is 3.85. The summed E-state index contributed by atoms with van der Waals surface area (Å²) in [5.41, 5.74) is 0.707. The van der Waals surface area contributed by atoms with Crippen LogP contribution in [-0.4, -0.2) is 84.1 Å². The highest BCUT2D eigenvalue weighted by molar-refractivity contribution is 7.91. The third-order valence-corrected chi connectivity index (χ3v) is 7.80. The third-order valence-electron chi connectivity index (χ3n) is 5.62. The number of ether oxygens (including phenoxy) is 3. The Hall–Kier alpha value is -2.44. The molecule has 0 saturated carbocycles. The summed E-state index contributed by atoms with van der Waals surface area (Å²) in [5.74, 6) is 0.485. The topological polar surface area (TPSA) is 98.3 Å². The lowest BCUT2D eigenvalue weighted by molar-refractivity contribution is 0.0391. The van der Waals surface area contributed by atoms with Crippen LogP contribution in [0.25, 0.3) is 10.2 Å². The van der Waals surface area contributed by atoms with Crippen LogP contribution in [0.3, 0.4) is 0 Å². The van der Waals surface area contributed by atoms with Crippen molar-refractivity contribution in [3.05, 3.63) is 42.0 Å². The second-order valence-electron chi connectivity index (χ2n) is 7.82. The molecule has 3 aromatic rings. The Labute approximate surface area is 214 Å². The van der Waals surface area contributed by atoms with Gasteiger partial charge in [-0.15, -0.1) is 12.4 Å². The highest BCUT2D eigenvalue weighted by atomic mass is 35.5. The lowest BCUT2D eigenvalue weighted by Gasteiger charge is -2.29. The average Bonchev–Trinajstić information content (AvgIpc) is 3.27. The van der Waals surface area contributed by atoms with E-state index in [0.29, 0.717) is 58.7 Å². The number of para-hydroxylation sites is 2. The van der Waals surface area contributed by atoms with Crippen molar-refractivity contribution in [2.45, 2.75) is 4.90 Å². The lowest BCUT2D eigenvalue weighted by Crippen LogP contribution is -2.43. The van der Waals surface area contributed by atoms with Gasteiger partial charge in [0.05, 0.1) is 42.6 Å². The van der Waals surface area contributed by atoms with Crippen LogP contribution in [0.5, 0.6) is 11.5 Å². The summed E-state index contributed by atoms with van der Waals surface area (Å²) in [6.07, 6.45) is 1.16. The molecule has 0 unspecified atom stereocenters. The molecule has 190 valence electrons. The fraction of sp³-hybridized carbons (Fsp3) is 0.391. The predicted molar refractivity (Wildman–Crippen MR) is 138 cm³/mol. The number of fused-ring (bicyclic) bond motifs is 1. The van der Waals surface area contributed by atoms with Gasteiger partial charge < -0.3 is 14.2 Å². The van der Waals surface area contributed by atoms with Crippen molar-refractivity contribution in [3.8, 4) is 11.5 Å². The molecule has 2 aromatic carbocycles. The first-order chi connectivity index (χ1) is 16.3. The standard InChI is InChI=1S/C23H27N3O6S2.ClH/c1-30-17-7-4-6-16(21(17)31-2)22(27)26(11-10-25-12-14-32-15-13-25)23-24-20-18(33-23)8-5-9-19(20)34(3,28)29;/h4-9H,10-15H2,1-3H3;1H. The van der Waals surface area contributed by atoms with Gasteiger partial charge in [-0.1, -0.05) is 23.5 Å². The maximum atomic E-state index is 13.8. The number of hydrogen-bond acceptors (Lipinski definition) is 9. The van der Waals surface area contributed by atoms with E-state index in [2.05, 4.69) is 9.88 Å². The molecule has 4 rings (SSSR count). The average molecular weight is 542 g/mol. The van der Waals surface area contributed by atoms with Crippen LogP contribution in [0.15, 0.2) is 41.3 Å². The molecular weight excluding hydrogens is 514 g/mol. The van der Waals surface area contributed by atoms with Gasteiger partial charge in [-0.25, -0.2) is 13.4 Å². The Balaban J connectivity index is 0.00000342. The molecule has 9 nitrogen and oxygen atoms in total. The van der Waals surface area contributed by atoms with Crippen molar-refractivity contribution in [3.63, 3.8) is 0 Å². The Morgan fingerprint density at radius 2 is 1.86 bits per heavy atom. The number of carbonyl (C=O) groups is 1. The summed E-state index contributed by atoms with van der Waals surface area (Å²) >= 11 is 1.28. The van der Waals surface area contributed by atoms with Crippen LogP contribution in [0, 0.1) is 0 Å². The van der Waals surface area contributed by atoms with Crippen molar-refractivity contribution in [1.82, 2.24) is 9.88 Å². The minimum absolute atomic E-state index is 0. The first-order valence-corrected chi connectivity index (χ1v) is 13.5. The molecule has 1 aliphatic rings. The molecule has 35 heavy (non-hydrogen) atoms. The van der Waals surface area contributed by atoms with E-state index in [4.69, 9.17) is 14.2 Å². The SMILES string of the molecule is COc1cccc(C(=O)N(CCN2CCOCC2)c2nc3c(S(C)(=O)=O)cccc3s2)c1OC.Cl. The molecule has 1 saturated heterocycles. The minimum atomic E-state index is -3.48. The number of methoxy groups -OCH3 is 2. The molecule has 1 fully saturated rings. The van der Waals surface area contributed by atoms with E-state index in [9.17, 15) is 13.2 Å². The Morgan fingerprint density at radius 3 is 2.51 bits per heavy atom. The van der Waals surface area contributed by atoms with Gasteiger partial charge in [0.15, 0.2) is 26.5 Å². The largest absolute Gasteiger partial charge is 0.493 e. The number of morpholine rings is 1. The molecule has 0 aliphatic carbocycles. The first-order valence-electron chi connectivity index (χ1n) is 10.8. The van der Waals surface area contributed by atoms with Crippen LogP contribution >= 0.6 is 23.7 Å². The molecule has 12 heteroatoms. The molecule has 0 atom stereocenters. The van der Waals surface area contributed by atoms with Gasteiger partial charge in [-0.2, -0.15) is 0 Å². The van der Waals surface area contributed by atoms with Crippen molar-refractivity contribution in [1.29, 1.82) is 0 Å². The van der Waals surface area contributed by atoms with E-state index in [1.54, 1.807) is 29.2 Å². The van der Waals surface area contributed by atoms with E-state index in [0.717, 1.165) is 19.3 Å². The number of hydrogen-bond donors (Lipinski definition) is 0. The van der Waals surface area contributed by atoms with Crippen molar-refractivity contribution < 1.29 is 27.4 Å². The second kappa shape index (κ2) is 11.5. The number of carbonyl (C=O) groups excluding carboxylic acids is 1. The van der Waals surface area contributed by atoms with Crippen LogP contribution < -0.4 is 14.4 Å². The Morgan fingerprint density at radius 1 is 1.14 bits per heavy atom. The van der Waals surface area contributed by atoms with Crippen LogP contribution in [0.1, 0.15) is 10.4 Å². The Bertz CT molecular complexity index is 1290. The number of thiazole rings is 1. The van der Waals surface area contributed by atoms with Gasteiger partial charge in [0.1, 0.15) is 5.52 Å². The number of halogens is 1. The predicted octanol–water partition coefficient (Wildman–Crippen LogP) is 3.12. The van der Waals surface area contributed by atoms with Crippen LogP contribution in [0.2, 0.25) is 0 Å². The molecule has 0 spiro atoms. The molecule has 0 N–H and O–H groups in total. The smallest absolute Gasteiger partial charge is 0.264 e. The fourth-order valence-corrected chi connectivity index (χ4v) is 5.79. The molecule has 0 radical (unpaired) electrons. The molecule has 1 aliphatic heterocycles. The number of aromatic nitrogens is 1. The Kier molecular flexibility index (Phi) is 8.94. The fourth-order valence-electron chi connectivity index (χ4n) is 3.88. The van der Waals surface area contributed by atoms with Gasteiger partial charge in [0, 0.05) is 32.4 Å². The monoisotopic (exact) mass is 541 g/mol. The zero-order valence-corrected chi connectivity index (χ0v) is 22.2. The summed E-state index contributed by atoms with van der Waals surface area (Å²) < 4.78 is 41.6. The molecule has 1 amide bonds. The van der Waals surface area contributed by atoms with E-state index in [1.165, 1.54) is 31.6 Å². The zero-order valence-electron chi connectivity index (χ0n) is 19.7. The van der Waals surface area contributed by atoms with E-state index >= 15 is 0 Å². The second-order valence-corrected chi connectivity index (χ2v) is 10.8. The maximum absolute atomic E-state index is 13.8. The molecule has 0 bridgehead atoms.